The molecule has 1 aliphatic heterocycles. The van der Waals surface area contributed by atoms with Gasteiger partial charge < -0.3 is 5.32 Å². The maximum atomic E-state index is 4.74. The molecule has 0 aromatic carbocycles. The normalized spacial score (nSPS) is 23.1. The number of thioether (sulfide) groups is 1. The van der Waals surface area contributed by atoms with E-state index in [9.17, 15) is 0 Å². The fourth-order valence-electron chi connectivity index (χ4n) is 1.97. The summed E-state index contributed by atoms with van der Waals surface area (Å²) in [6.45, 7) is 10.1. The van der Waals surface area contributed by atoms with Crippen LogP contribution in [0.3, 0.4) is 0 Å². The first-order chi connectivity index (χ1) is 8.07. The first-order valence-corrected chi connectivity index (χ1v) is 7.99. The van der Waals surface area contributed by atoms with Gasteiger partial charge in [-0.2, -0.15) is 0 Å². The van der Waals surface area contributed by atoms with Crippen molar-refractivity contribution in [3.05, 3.63) is 0 Å². The van der Waals surface area contributed by atoms with E-state index in [1.807, 2.05) is 11.8 Å². The summed E-state index contributed by atoms with van der Waals surface area (Å²) in [4.78, 5) is 4.74. The van der Waals surface area contributed by atoms with Crippen molar-refractivity contribution in [2.45, 2.75) is 65.8 Å². The second-order valence-electron chi connectivity index (χ2n) is 5.80. The van der Waals surface area contributed by atoms with Gasteiger partial charge in [0, 0.05) is 18.3 Å². The highest BCUT2D eigenvalue weighted by atomic mass is 32.2. The molecule has 0 amide bonds. The van der Waals surface area contributed by atoms with Gasteiger partial charge in [-0.05, 0) is 18.3 Å². The third-order valence-corrected chi connectivity index (χ3v) is 4.44. The fourth-order valence-corrected chi connectivity index (χ4v) is 3.05. The molecular weight excluding hydrogens is 228 g/mol. The van der Waals surface area contributed by atoms with Crippen LogP contribution in [-0.2, 0) is 0 Å². The average molecular weight is 256 g/mol. The Kier molecular flexibility index (Phi) is 6.39. The van der Waals surface area contributed by atoms with E-state index >= 15 is 0 Å². The van der Waals surface area contributed by atoms with E-state index in [2.05, 4.69) is 33.0 Å². The minimum Gasteiger partial charge on any atom is -0.361 e. The Morgan fingerprint density at radius 3 is 2.71 bits per heavy atom. The topological polar surface area (TPSA) is 24.4 Å². The Labute approximate surface area is 111 Å². The molecule has 0 aliphatic carbocycles. The van der Waals surface area contributed by atoms with Gasteiger partial charge in [0.05, 0.1) is 0 Å². The molecule has 17 heavy (non-hydrogen) atoms. The third-order valence-electron chi connectivity index (χ3n) is 3.35. The highest BCUT2D eigenvalue weighted by Gasteiger charge is 2.21. The quantitative estimate of drug-likeness (QED) is 0.695. The zero-order valence-electron chi connectivity index (χ0n) is 11.9. The van der Waals surface area contributed by atoms with Crippen molar-refractivity contribution in [1.29, 1.82) is 0 Å². The van der Waals surface area contributed by atoms with Crippen molar-refractivity contribution in [2.24, 2.45) is 10.4 Å². The summed E-state index contributed by atoms with van der Waals surface area (Å²) < 4.78 is 0. The number of hydrogen-bond acceptors (Lipinski definition) is 2. The van der Waals surface area contributed by atoms with Gasteiger partial charge in [0.25, 0.3) is 0 Å². The Balaban J connectivity index is 2.30. The molecule has 1 heterocycles. The van der Waals surface area contributed by atoms with Gasteiger partial charge in [0.1, 0.15) is 0 Å². The highest BCUT2D eigenvalue weighted by Crippen LogP contribution is 2.25. The molecule has 3 heteroatoms. The predicted octanol–water partition coefficient (Wildman–Crippen LogP) is 4.06. The molecule has 0 radical (unpaired) electrons. The van der Waals surface area contributed by atoms with Crippen LogP contribution in [0.4, 0.5) is 0 Å². The summed E-state index contributed by atoms with van der Waals surface area (Å²) in [6, 6.07) is 0.641. The van der Waals surface area contributed by atoms with Crippen LogP contribution in [0.1, 0.15) is 59.8 Å². The summed E-state index contributed by atoms with van der Waals surface area (Å²) in [6.07, 6.45) is 6.49. The fraction of sp³-hybridized carbons (Fsp3) is 0.929. The molecule has 1 fully saturated rings. The minimum absolute atomic E-state index is 0.356. The average Bonchev–Trinajstić information content (AvgIpc) is 2.75. The Bertz CT molecular complexity index is 249. The maximum absolute atomic E-state index is 4.74. The molecule has 0 aromatic rings. The van der Waals surface area contributed by atoms with Crippen LogP contribution < -0.4 is 5.32 Å². The minimum atomic E-state index is 0.356. The monoisotopic (exact) mass is 256 g/mol. The Morgan fingerprint density at radius 1 is 1.35 bits per heavy atom. The molecule has 1 rings (SSSR count). The number of rotatable bonds is 7. The smallest absolute Gasteiger partial charge is 0.156 e. The second kappa shape index (κ2) is 7.30. The standard InChI is InChI=1S/C14H28N2S/c1-5-7-8-9-14(3,4)11-15-13-16-12(6-2)10-17-13/h12H,5-11H2,1-4H3,(H,15,16). The Morgan fingerprint density at radius 2 is 2.12 bits per heavy atom. The van der Waals surface area contributed by atoms with E-state index in [-0.39, 0.29) is 0 Å². The number of amidine groups is 1. The summed E-state index contributed by atoms with van der Waals surface area (Å²) >= 11 is 1.88. The highest BCUT2D eigenvalue weighted by molar-refractivity contribution is 8.14. The molecule has 1 atom stereocenters. The van der Waals surface area contributed by atoms with Gasteiger partial charge in [-0.25, -0.2) is 0 Å². The van der Waals surface area contributed by atoms with E-state index in [1.54, 1.807) is 0 Å². The number of nitrogens with one attached hydrogen (secondary N) is 1. The van der Waals surface area contributed by atoms with Crippen molar-refractivity contribution >= 4 is 16.9 Å². The van der Waals surface area contributed by atoms with Crippen molar-refractivity contribution in [3.8, 4) is 0 Å². The summed E-state index contributed by atoms with van der Waals surface area (Å²) in [7, 11) is 0. The van der Waals surface area contributed by atoms with Gasteiger partial charge >= 0.3 is 0 Å². The first-order valence-electron chi connectivity index (χ1n) is 7.01. The van der Waals surface area contributed by atoms with Crippen LogP contribution in [0.15, 0.2) is 4.99 Å². The van der Waals surface area contributed by atoms with E-state index in [4.69, 9.17) is 4.99 Å². The van der Waals surface area contributed by atoms with E-state index < -0.39 is 0 Å². The largest absolute Gasteiger partial charge is 0.361 e. The lowest BCUT2D eigenvalue weighted by atomic mass is 9.87. The van der Waals surface area contributed by atoms with E-state index in [1.165, 1.54) is 43.0 Å². The van der Waals surface area contributed by atoms with Gasteiger partial charge in [-0.1, -0.05) is 58.7 Å². The van der Waals surface area contributed by atoms with Crippen LogP contribution in [0.25, 0.3) is 0 Å². The van der Waals surface area contributed by atoms with Crippen LogP contribution in [0.2, 0.25) is 0 Å². The number of unbranched alkanes of at least 4 members (excludes halogenated alkanes) is 2. The summed E-state index contributed by atoms with van der Waals surface area (Å²) in [5.74, 6) is 1.19. The molecule has 0 aromatic heterocycles. The van der Waals surface area contributed by atoms with Crippen molar-refractivity contribution in [3.63, 3.8) is 0 Å². The molecule has 1 unspecified atom stereocenters. The van der Waals surface area contributed by atoms with Gasteiger partial charge in [0.2, 0.25) is 0 Å². The van der Waals surface area contributed by atoms with E-state index in [0.717, 1.165) is 6.54 Å². The maximum Gasteiger partial charge on any atom is 0.156 e. The molecule has 0 saturated carbocycles. The van der Waals surface area contributed by atoms with Crippen molar-refractivity contribution in [1.82, 2.24) is 5.32 Å². The molecule has 1 saturated heterocycles. The summed E-state index contributed by atoms with van der Waals surface area (Å²) in [5, 5.41) is 4.66. The molecule has 1 aliphatic rings. The van der Waals surface area contributed by atoms with Crippen LogP contribution >= 0.6 is 11.8 Å². The van der Waals surface area contributed by atoms with Crippen LogP contribution in [0.5, 0.6) is 0 Å². The number of aliphatic imine (C=N–C) groups is 1. The SMILES string of the molecule is CCCCCC(C)(C)CN=C1NC(CC)CS1. The predicted molar refractivity (Wildman–Crippen MR) is 79.9 cm³/mol. The molecule has 100 valence electrons. The van der Waals surface area contributed by atoms with Crippen molar-refractivity contribution < 1.29 is 0 Å². The lowest BCUT2D eigenvalue weighted by Crippen LogP contribution is -2.27. The van der Waals surface area contributed by atoms with Gasteiger partial charge in [-0.3, -0.25) is 4.99 Å². The Hall–Kier alpha value is -0.180. The molecule has 0 bridgehead atoms. The van der Waals surface area contributed by atoms with E-state index in [0.29, 0.717) is 11.5 Å². The summed E-state index contributed by atoms with van der Waals surface area (Å²) in [5.41, 5.74) is 0.356. The zero-order valence-corrected chi connectivity index (χ0v) is 12.7. The second-order valence-corrected chi connectivity index (χ2v) is 6.81. The van der Waals surface area contributed by atoms with Crippen molar-refractivity contribution in [2.75, 3.05) is 12.3 Å². The first kappa shape index (κ1) is 14.9. The molecular formula is C14H28N2S. The molecule has 2 nitrogen and oxygen atoms in total. The lowest BCUT2D eigenvalue weighted by Gasteiger charge is -2.22. The van der Waals surface area contributed by atoms with Crippen LogP contribution in [-0.4, -0.2) is 23.5 Å². The molecule has 1 N–H and O–H groups in total. The van der Waals surface area contributed by atoms with Crippen LogP contribution in [0, 0.1) is 5.41 Å². The number of nitrogens with zero attached hydrogens (tertiary/aromatic N) is 1. The van der Waals surface area contributed by atoms with Gasteiger partial charge in [-0.15, -0.1) is 0 Å². The van der Waals surface area contributed by atoms with Gasteiger partial charge in [0.15, 0.2) is 5.17 Å². The lowest BCUT2D eigenvalue weighted by molar-refractivity contribution is 0.333. The third kappa shape index (κ3) is 5.80. The molecule has 0 spiro atoms. The number of hydrogen-bond donors (Lipinski definition) is 1. The zero-order chi connectivity index (χ0) is 12.7.